The first kappa shape index (κ1) is 11.8. The molecule has 68 valence electrons. The Morgan fingerprint density at radius 1 is 1.27 bits per heavy atom. The lowest BCUT2D eigenvalue weighted by Gasteiger charge is -2.12. The average molecular weight is 242 g/mol. The third-order valence-electron chi connectivity index (χ3n) is 2.07. The summed E-state index contributed by atoms with van der Waals surface area (Å²) in [7, 11) is 0. The predicted molar refractivity (Wildman–Crippen MR) is 56.8 cm³/mol. The maximum absolute atomic E-state index is 5.63. The Bertz CT molecular complexity index is 68.0. The number of hydrogen-bond donors (Lipinski definition) is 0. The maximum atomic E-state index is 5.63. The van der Waals surface area contributed by atoms with E-state index in [0.29, 0.717) is 0 Å². The topological polar surface area (TPSA) is 0 Å². The van der Waals surface area contributed by atoms with Crippen LogP contribution in [0.3, 0.4) is 0 Å². The summed E-state index contributed by atoms with van der Waals surface area (Å²) in [5.74, 6) is 1.73. The van der Waals surface area contributed by atoms with E-state index >= 15 is 0 Å². The molecule has 11 heavy (non-hydrogen) atoms. The monoisotopic (exact) mass is 240 g/mol. The van der Waals surface area contributed by atoms with Gasteiger partial charge in [0.05, 0.1) is 0 Å². The summed E-state index contributed by atoms with van der Waals surface area (Å²) in [6.07, 6.45) is 6.47. The zero-order chi connectivity index (χ0) is 8.53. The Kier molecular flexibility index (Phi) is 9.48. The van der Waals surface area contributed by atoms with Gasteiger partial charge in [-0.15, -0.1) is 11.6 Å². The summed E-state index contributed by atoms with van der Waals surface area (Å²) in [6.45, 7) is 2.27. The van der Waals surface area contributed by atoms with Gasteiger partial charge in [-0.2, -0.15) is 0 Å². The summed E-state index contributed by atoms with van der Waals surface area (Å²) in [5.41, 5.74) is 0. The molecule has 0 aromatic rings. The van der Waals surface area contributed by atoms with Gasteiger partial charge in [0, 0.05) is 11.2 Å². The van der Waals surface area contributed by atoms with E-state index in [0.717, 1.165) is 17.1 Å². The molecule has 0 saturated carbocycles. The molecule has 0 fully saturated rings. The largest absolute Gasteiger partial charge is 0.127 e. The Morgan fingerprint density at radius 3 is 2.36 bits per heavy atom. The quantitative estimate of drug-likeness (QED) is 0.586. The molecular weight excluding hydrogens is 223 g/mol. The second kappa shape index (κ2) is 8.86. The van der Waals surface area contributed by atoms with Crippen LogP contribution in [-0.4, -0.2) is 11.2 Å². The molecule has 0 aliphatic heterocycles. The fourth-order valence-corrected chi connectivity index (χ4v) is 1.76. The molecule has 0 spiro atoms. The van der Waals surface area contributed by atoms with Gasteiger partial charge >= 0.3 is 0 Å². The van der Waals surface area contributed by atoms with Crippen LogP contribution in [0, 0.1) is 5.92 Å². The third kappa shape index (κ3) is 7.14. The van der Waals surface area contributed by atoms with Crippen molar-refractivity contribution in [2.24, 2.45) is 5.92 Å². The van der Waals surface area contributed by atoms with Crippen LogP contribution in [0.4, 0.5) is 0 Å². The van der Waals surface area contributed by atoms with Crippen LogP contribution in [0.25, 0.3) is 0 Å². The van der Waals surface area contributed by atoms with Crippen LogP contribution in [0.15, 0.2) is 0 Å². The second-order valence-corrected chi connectivity index (χ2v) is 4.11. The van der Waals surface area contributed by atoms with Crippen LogP contribution >= 0.6 is 27.5 Å². The molecule has 0 aromatic heterocycles. The molecule has 0 nitrogen and oxygen atoms in total. The fraction of sp³-hybridized carbons (Fsp3) is 1.00. The van der Waals surface area contributed by atoms with E-state index in [1.54, 1.807) is 0 Å². The zero-order valence-electron chi connectivity index (χ0n) is 7.28. The lowest BCUT2D eigenvalue weighted by atomic mass is 9.96. The molecule has 0 amide bonds. The molecule has 0 rings (SSSR count). The van der Waals surface area contributed by atoms with E-state index in [9.17, 15) is 0 Å². The van der Waals surface area contributed by atoms with Gasteiger partial charge in [0.1, 0.15) is 0 Å². The zero-order valence-corrected chi connectivity index (χ0v) is 9.62. The first-order valence-corrected chi connectivity index (χ1v) is 6.12. The lowest BCUT2D eigenvalue weighted by Crippen LogP contribution is -1.99. The van der Waals surface area contributed by atoms with Gasteiger partial charge in [0.2, 0.25) is 0 Å². The van der Waals surface area contributed by atoms with Crippen LogP contribution in [0.2, 0.25) is 0 Å². The number of halogens is 2. The van der Waals surface area contributed by atoms with E-state index in [1.807, 2.05) is 0 Å². The summed E-state index contributed by atoms with van der Waals surface area (Å²) in [4.78, 5) is 0. The van der Waals surface area contributed by atoms with Crippen molar-refractivity contribution in [3.05, 3.63) is 0 Å². The van der Waals surface area contributed by atoms with Gasteiger partial charge in [-0.3, -0.25) is 0 Å². The van der Waals surface area contributed by atoms with E-state index in [-0.39, 0.29) is 0 Å². The molecule has 0 radical (unpaired) electrons. The minimum absolute atomic E-state index is 0.824. The molecule has 0 saturated heterocycles. The highest BCUT2D eigenvalue weighted by atomic mass is 79.9. The molecule has 0 heterocycles. The summed E-state index contributed by atoms with van der Waals surface area (Å²) in [6, 6.07) is 0. The van der Waals surface area contributed by atoms with Crippen molar-refractivity contribution >= 4 is 27.5 Å². The van der Waals surface area contributed by atoms with Gasteiger partial charge in [0.25, 0.3) is 0 Å². The average Bonchev–Trinajstić information content (AvgIpc) is 2.05. The number of rotatable bonds is 7. The highest BCUT2D eigenvalue weighted by Crippen LogP contribution is 2.17. The lowest BCUT2D eigenvalue weighted by molar-refractivity contribution is 0.430. The summed E-state index contributed by atoms with van der Waals surface area (Å²) < 4.78 is 0. The molecule has 0 aliphatic carbocycles. The highest BCUT2D eigenvalue weighted by Gasteiger charge is 2.04. The van der Waals surface area contributed by atoms with Crippen molar-refractivity contribution in [3.8, 4) is 0 Å². The Morgan fingerprint density at radius 2 is 1.91 bits per heavy atom. The normalized spacial score (nSPS) is 13.4. The SMILES string of the molecule is CCC(CCCCl)CCCBr. The van der Waals surface area contributed by atoms with Crippen molar-refractivity contribution in [2.75, 3.05) is 11.2 Å². The summed E-state index contributed by atoms with van der Waals surface area (Å²) in [5, 5.41) is 1.14. The second-order valence-electron chi connectivity index (χ2n) is 2.94. The van der Waals surface area contributed by atoms with Gasteiger partial charge in [-0.1, -0.05) is 29.3 Å². The minimum Gasteiger partial charge on any atom is -0.127 e. The van der Waals surface area contributed by atoms with Crippen LogP contribution < -0.4 is 0 Å². The van der Waals surface area contributed by atoms with Gasteiger partial charge in [-0.05, 0) is 31.6 Å². The first-order chi connectivity index (χ1) is 5.35. The molecule has 0 aliphatic rings. The van der Waals surface area contributed by atoms with Crippen molar-refractivity contribution in [1.82, 2.24) is 0 Å². The van der Waals surface area contributed by atoms with Gasteiger partial charge < -0.3 is 0 Å². The molecule has 2 heteroatoms. The number of hydrogen-bond acceptors (Lipinski definition) is 0. The summed E-state index contributed by atoms with van der Waals surface area (Å²) >= 11 is 9.08. The van der Waals surface area contributed by atoms with Gasteiger partial charge in [0.15, 0.2) is 0 Å². The highest BCUT2D eigenvalue weighted by molar-refractivity contribution is 9.09. The Labute approximate surface area is 83.8 Å². The Hall–Kier alpha value is 0.770. The van der Waals surface area contributed by atoms with E-state index in [4.69, 9.17) is 11.6 Å². The van der Waals surface area contributed by atoms with E-state index < -0.39 is 0 Å². The molecular formula is C9H18BrCl. The van der Waals surface area contributed by atoms with Gasteiger partial charge in [-0.25, -0.2) is 0 Å². The smallest absolute Gasteiger partial charge is 0.0223 e. The van der Waals surface area contributed by atoms with Crippen LogP contribution in [0.1, 0.15) is 39.0 Å². The van der Waals surface area contributed by atoms with Crippen molar-refractivity contribution in [2.45, 2.75) is 39.0 Å². The predicted octanol–water partition coefficient (Wildman–Crippen LogP) is 4.21. The maximum Gasteiger partial charge on any atom is 0.0223 e. The van der Waals surface area contributed by atoms with E-state index in [1.165, 1.54) is 32.1 Å². The van der Waals surface area contributed by atoms with Crippen LogP contribution in [0.5, 0.6) is 0 Å². The third-order valence-corrected chi connectivity index (χ3v) is 2.90. The van der Waals surface area contributed by atoms with Crippen molar-refractivity contribution in [3.63, 3.8) is 0 Å². The molecule has 0 bridgehead atoms. The number of alkyl halides is 2. The standard InChI is InChI=1S/C9H18BrCl/c1-2-9(5-3-7-10)6-4-8-11/h9H,2-8H2,1H3. The van der Waals surface area contributed by atoms with Crippen molar-refractivity contribution < 1.29 is 0 Å². The minimum atomic E-state index is 0.824. The molecule has 1 unspecified atom stereocenters. The Balaban J connectivity index is 3.25. The molecule has 0 aromatic carbocycles. The molecule has 0 N–H and O–H groups in total. The molecule has 1 atom stereocenters. The van der Waals surface area contributed by atoms with Crippen LogP contribution in [-0.2, 0) is 0 Å². The van der Waals surface area contributed by atoms with E-state index in [2.05, 4.69) is 22.9 Å². The fourth-order valence-electron chi connectivity index (χ4n) is 1.28. The first-order valence-electron chi connectivity index (χ1n) is 4.47. The van der Waals surface area contributed by atoms with Crippen molar-refractivity contribution in [1.29, 1.82) is 0 Å².